The summed E-state index contributed by atoms with van der Waals surface area (Å²) in [6, 6.07) is 16.2. The van der Waals surface area contributed by atoms with Crippen molar-refractivity contribution in [2.45, 2.75) is 37.5 Å². The molecule has 2 aromatic heterocycles. The minimum atomic E-state index is -0.107. The summed E-state index contributed by atoms with van der Waals surface area (Å²) in [6.07, 6.45) is 0.200. The van der Waals surface area contributed by atoms with Crippen LogP contribution < -0.4 is 21.1 Å². The molecule has 3 saturated heterocycles. The molecule has 3 fully saturated rings. The molecule has 3 aliphatic heterocycles. The topological polar surface area (TPSA) is 94.5 Å². The number of rotatable bonds is 5. The summed E-state index contributed by atoms with van der Waals surface area (Å²) in [6.45, 7) is 10.4. The number of hydrogen-bond acceptors (Lipinski definition) is 8. The first-order chi connectivity index (χ1) is 17.8. The second-order valence-electron chi connectivity index (χ2n) is 11.2. The Morgan fingerprint density at radius 2 is 1.89 bits per heavy atom. The molecule has 1 aromatic carbocycles. The molecule has 3 aromatic rings. The first kappa shape index (κ1) is 24.2. The van der Waals surface area contributed by atoms with Gasteiger partial charge in [-0.1, -0.05) is 12.1 Å². The number of nitriles is 1. The number of nitrogens with zero attached hydrogens (tertiary/aromatic N) is 6. The lowest BCUT2D eigenvalue weighted by molar-refractivity contribution is -0.0436. The van der Waals surface area contributed by atoms with E-state index in [0.717, 1.165) is 68.4 Å². The van der Waals surface area contributed by atoms with Gasteiger partial charge in [0.1, 0.15) is 19.7 Å². The second kappa shape index (κ2) is 9.28. The van der Waals surface area contributed by atoms with Crippen LogP contribution in [-0.4, -0.2) is 86.3 Å². The molecule has 0 aliphatic carbocycles. The van der Waals surface area contributed by atoms with Gasteiger partial charge in [-0.05, 0) is 49.8 Å². The molecule has 0 amide bonds. The molecule has 8 nitrogen and oxygen atoms in total. The number of pyridine rings is 2. The highest BCUT2D eigenvalue weighted by Crippen LogP contribution is 2.32. The van der Waals surface area contributed by atoms with Crippen LogP contribution in [0.1, 0.15) is 31.0 Å². The Hall–Kier alpha value is -3.19. The number of hydrogen-bond donors (Lipinski definition) is 1. The lowest BCUT2D eigenvalue weighted by Crippen LogP contribution is -2.65. The summed E-state index contributed by atoms with van der Waals surface area (Å²) in [4.78, 5) is 16.5. The van der Waals surface area contributed by atoms with Crippen LogP contribution in [0.2, 0.25) is 0 Å². The molecule has 2 N–H and O–H groups in total. The number of aromatic nitrogens is 2. The molecular weight excluding hydrogens is 461 g/mol. The number of ether oxygens (including phenoxy) is 1. The van der Waals surface area contributed by atoms with E-state index in [2.05, 4.69) is 57.8 Å². The first-order valence-electron chi connectivity index (χ1n) is 13.0. The summed E-state index contributed by atoms with van der Waals surface area (Å²) >= 11 is 0. The van der Waals surface area contributed by atoms with Crippen LogP contribution in [0.4, 0.5) is 11.5 Å². The van der Waals surface area contributed by atoms with Crippen molar-refractivity contribution in [1.29, 1.82) is 5.26 Å². The summed E-state index contributed by atoms with van der Waals surface area (Å²) < 4.78 is 6.35. The van der Waals surface area contributed by atoms with E-state index in [1.807, 2.05) is 18.2 Å². The van der Waals surface area contributed by atoms with Gasteiger partial charge < -0.3 is 20.3 Å². The van der Waals surface area contributed by atoms with Gasteiger partial charge >= 0.3 is 0 Å². The van der Waals surface area contributed by atoms with Gasteiger partial charge in [0, 0.05) is 74.0 Å². The molecule has 37 heavy (non-hydrogen) atoms. The van der Waals surface area contributed by atoms with E-state index in [4.69, 9.17) is 23.3 Å². The van der Waals surface area contributed by atoms with Crippen molar-refractivity contribution >= 4 is 35.8 Å². The zero-order valence-corrected chi connectivity index (χ0v) is 21.5. The third-order valence-corrected chi connectivity index (χ3v) is 7.66. The van der Waals surface area contributed by atoms with Gasteiger partial charge in [-0.2, -0.15) is 5.26 Å². The molecule has 0 spiro atoms. The predicted octanol–water partition coefficient (Wildman–Crippen LogP) is 1.53. The lowest BCUT2D eigenvalue weighted by atomic mass is 9.93. The minimum Gasteiger partial charge on any atom is -0.370 e. The monoisotopic (exact) mass is 493 g/mol. The van der Waals surface area contributed by atoms with Crippen molar-refractivity contribution in [3.8, 4) is 6.07 Å². The van der Waals surface area contributed by atoms with Crippen molar-refractivity contribution < 1.29 is 4.74 Å². The van der Waals surface area contributed by atoms with Gasteiger partial charge in [-0.15, -0.1) is 0 Å². The number of morpholine rings is 1. The molecule has 188 valence electrons. The van der Waals surface area contributed by atoms with Gasteiger partial charge in [0.2, 0.25) is 0 Å². The Morgan fingerprint density at radius 3 is 2.65 bits per heavy atom. The minimum absolute atomic E-state index is 0.0970. The molecule has 9 heteroatoms. The number of benzene rings is 1. The first-order valence-corrected chi connectivity index (χ1v) is 13.0. The molecular formula is C28H32BN7O. The summed E-state index contributed by atoms with van der Waals surface area (Å²) in [5, 5.41) is 10.5. The highest BCUT2D eigenvalue weighted by atomic mass is 16.5. The Bertz CT molecular complexity index is 1360. The molecule has 3 aliphatic rings. The molecule has 6 rings (SSSR count). The highest BCUT2D eigenvalue weighted by Gasteiger charge is 2.37. The highest BCUT2D eigenvalue weighted by molar-refractivity contribution is 6.31. The lowest BCUT2D eigenvalue weighted by Gasteiger charge is -2.47. The van der Waals surface area contributed by atoms with E-state index in [1.165, 1.54) is 0 Å². The quantitative estimate of drug-likeness (QED) is 0.535. The Balaban J connectivity index is 1.11. The molecule has 0 unspecified atom stereocenters. The molecule has 2 radical (unpaired) electrons. The Morgan fingerprint density at radius 1 is 1.08 bits per heavy atom. The number of nitrogens with two attached hydrogens (primary N) is 1. The van der Waals surface area contributed by atoms with Crippen LogP contribution in [0, 0.1) is 11.3 Å². The van der Waals surface area contributed by atoms with Gasteiger partial charge in [0.15, 0.2) is 0 Å². The van der Waals surface area contributed by atoms with Crippen LogP contribution in [0.3, 0.4) is 0 Å². The number of anilines is 2. The molecule has 5 heterocycles. The van der Waals surface area contributed by atoms with Gasteiger partial charge in [-0.3, -0.25) is 9.88 Å². The SMILES string of the molecule is [B]c1ccc2c(N3C[C@H](CN4CC(c5cccc(N6CC(C)(N)C6)n5)C4)O[C@H](C)C3)ccc(C#N)c2n1. The summed E-state index contributed by atoms with van der Waals surface area (Å²) in [5.41, 5.74) is 9.93. The summed E-state index contributed by atoms with van der Waals surface area (Å²) in [5.74, 6) is 1.48. The molecule has 0 saturated carbocycles. The van der Waals surface area contributed by atoms with Crippen molar-refractivity contribution in [3.63, 3.8) is 0 Å². The average molecular weight is 493 g/mol. The van der Waals surface area contributed by atoms with Crippen molar-refractivity contribution in [2.24, 2.45) is 5.73 Å². The average Bonchev–Trinajstić information content (AvgIpc) is 2.83. The third-order valence-electron chi connectivity index (χ3n) is 7.66. The maximum Gasteiger partial charge on any atom is 0.141 e. The van der Waals surface area contributed by atoms with E-state index in [1.54, 1.807) is 6.07 Å². The maximum absolute atomic E-state index is 9.54. The maximum atomic E-state index is 9.54. The normalized spacial score (nSPS) is 23.9. The fourth-order valence-electron chi connectivity index (χ4n) is 5.95. The van der Waals surface area contributed by atoms with Crippen LogP contribution in [-0.2, 0) is 4.74 Å². The molecule has 2 atom stereocenters. The van der Waals surface area contributed by atoms with Gasteiger partial charge in [0.25, 0.3) is 0 Å². The number of likely N-dealkylation sites (tertiary alicyclic amines) is 1. The number of fused-ring (bicyclic) bond motifs is 1. The van der Waals surface area contributed by atoms with Crippen LogP contribution in [0.5, 0.6) is 0 Å². The van der Waals surface area contributed by atoms with E-state index < -0.39 is 0 Å². The molecule has 0 bridgehead atoms. The van der Waals surface area contributed by atoms with E-state index in [-0.39, 0.29) is 17.7 Å². The zero-order chi connectivity index (χ0) is 25.7. The van der Waals surface area contributed by atoms with E-state index in [0.29, 0.717) is 22.6 Å². The van der Waals surface area contributed by atoms with Crippen LogP contribution >= 0.6 is 0 Å². The van der Waals surface area contributed by atoms with Gasteiger partial charge in [-0.25, -0.2) is 4.98 Å². The van der Waals surface area contributed by atoms with E-state index >= 15 is 0 Å². The fourth-order valence-corrected chi connectivity index (χ4v) is 5.95. The second-order valence-corrected chi connectivity index (χ2v) is 11.2. The van der Waals surface area contributed by atoms with Crippen molar-refractivity contribution in [2.75, 3.05) is 55.6 Å². The smallest absolute Gasteiger partial charge is 0.141 e. The standard InChI is InChI=1S/C28H32BN7O/c1-18-11-35(24-8-6-19(10-30)27-22(24)7-9-25(29)33-27)15-21(37-18)14-34-12-20(13-34)23-4-3-5-26(32-23)36-16-28(2,31)17-36/h3-9,18,20-21H,11-17,31H2,1-2H3/t18-,21+/m1/s1. The Kier molecular flexibility index (Phi) is 6.06. The van der Waals surface area contributed by atoms with Crippen molar-refractivity contribution in [1.82, 2.24) is 14.9 Å². The Labute approximate surface area is 219 Å². The van der Waals surface area contributed by atoms with E-state index in [9.17, 15) is 5.26 Å². The van der Waals surface area contributed by atoms with Gasteiger partial charge in [0.05, 0.1) is 23.3 Å². The zero-order valence-electron chi connectivity index (χ0n) is 21.5. The van der Waals surface area contributed by atoms with Crippen LogP contribution in [0.15, 0.2) is 42.5 Å². The third kappa shape index (κ3) is 4.77. The largest absolute Gasteiger partial charge is 0.370 e. The fraction of sp³-hybridized carbons (Fsp3) is 0.464. The van der Waals surface area contributed by atoms with Crippen molar-refractivity contribution in [3.05, 3.63) is 53.7 Å². The predicted molar refractivity (Wildman–Crippen MR) is 147 cm³/mol. The van der Waals surface area contributed by atoms with Crippen LogP contribution in [0.25, 0.3) is 10.9 Å². The summed E-state index contributed by atoms with van der Waals surface area (Å²) in [7, 11) is 5.92.